The predicted octanol–water partition coefficient (Wildman–Crippen LogP) is 3.64. The molecule has 4 rings (SSSR count). The van der Waals surface area contributed by atoms with Gasteiger partial charge in [-0.15, -0.1) is 0 Å². The van der Waals surface area contributed by atoms with E-state index in [0.29, 0.717) is 0 Å². The number of hydrogen-bond donors (Lipinski definition) is 1. The minimum atomic E-state index is 0.811. The number of nitrogens with one attached hydrogen (secondary N) is 1. The highest BCUT2D eigenvalue weighted by molar-refractivity contribution is 5.97. The quantitative estimate of drug-likeness (QED) is 0.720. The zero-order valence-corrected chi connectivity index (χ0v) is 10.9. The van der Waals surface area contributed by atoms with E-state index in [1.54, 1.807) is 0 Å². The first-order valence-corrected chi connectivity index (χ1v) is 6.70. The molecule has 95 valence electrons. The summed E-state index contributed by atoms with van der Waals surface area (Å²) in [5.74, 6) is 0. The Labute approximate surface area is 117 Å². The van der Waals surface area contributed by atoms with Gasteiger partial charge in [0.2, 0.25) is 0 Å². The molecule has 3 aromatic rings. The second-order valence-electron chi connectivity index (χ2n) is 4.92. The van der Waals surface area contributed by atoms with Gasteiger partial charge >= 0.3 is 0 Å². The van der Waals surface area contributed by atoms with Crippen LogP contribution in [0.3, 0.4) is 0 Å². The van der Waals surface area contributed by atoms with Crippen LogP contribution in [0.1, 0.15) is 16.7 Å². The fraction of sp³-hybridized carbons (Fsp3) is 0.0556. The van der Waals surface area contributed by atoms with Gasteiger partial charge in [0.25, 0.3) is 0 Å². The van der Waals surface area contributed by atoms with Gasteiger partial charge in [-0.05, 0) is 28.7 Å². The molecular formula is C18H13N2. The van der Waals surface area contributed by atoms with Crippen LogP contribution < -0.4 is 5.32 Å². The molecule has 20 heavy (non-hydrogen) atoms. The Morgan fingerprint density at radius 3 is 3.00 bits per heavy atom. The molecule has 2 heteroatoms. The highest BCUT2D eigenvalue weighted by Crippen LogP contribution is 2.27. The molecule has 0 spiro atoms. The molecule has 2 aromatic carbocycles. The molecule has 1 aromatic heterocycles. The van der Waals surface area contributed by atoms with Crippen molar-refractivity contribution in [1.29, 1.82) is 0 Å². The van der Waals surface area contributed by atoms with E-state index < -0.39 is 0 Å². The second-order valence-corrected chi connectivity index (χ2v) is 4.92. The van der Waals surface area contributed by atoms with Crippen LogP contribution in [0.15, 0.2) is 54.9 Å². The first-order valence-electron chi connectivity index (χ1n) is 6.70. The lowest BCUT2D eigenvalue weighted by atomic mass is 9.98. The maximum Gasteiger partial charge on any atom is 0.0444 e. The lowest BCUT2D eigenvalue weighted by molar-refractivity contribution is 0.877. The molecule has 2 heterocycles. The molecule has 1 aliphatic rings. The zero-order chi connectivity index (χ0) is 13.4. The monoisotopic (exact) mass is 257 g/mol. The van der Waals surface area contributed by atoms with Crippen LogP contribution in [-0.4, -0.2) is 4.98 Å². The fourth-order valence-electron chi connectivity index (χ4n) is 2.67. The summed E-state index contributed by atoms with van der Waals surface area (Å²) in [4.78, 5) is 4.36. The Balaban J connectivity index is 1.91. The molecular weight excluding hydrogens is 244 g/mol. The summed E-state index contributed by atoms with van der Waals surface area (Å²) < 4.78 is 0. The van der Waals surface area contributed by atoms with Crippen molar-refractivity contribution in [2.75, 3.05) is 0 Å². The number of hydrogen-bond acceptors (Lipinski definition) is 2. The third-order valence-corrected chi connectivity index (χ3v) is 3.69. The van der Waals surface area contributed by atoms with Crippen molar-refractivity contribution in [3.8, 4) is 0 Å². The van der Waals surface area contributed by atoms with Gasteiger partial charge in [0.05, 0.1) is 0 Å². The maximum atomic E-state index is 4.36. The molecule has 1 aliphatic heterocycles. The van der Waals surface area contributed by atoms with Crippen molar-refractivity contribution in [3.63, 3.8) is 0 Å². The molecule has 2 nitrogen and oxygen atoms in total. The fourth-order valence-corrected chi connectivity index (χ4v) is 2.67. The lowest BCUT2D eigenvalue weighted by Crippen LogP contribution is -2.17. The van der Waals surface area contributed by atoms with Crippen molar-refractivity contribution in [1.82, 2.24) is 10.3 Å². The largest absolute Gasteiger partial charge is 0.380 e. The average Bonchev–Trinajstić information content (AvgIpc) is 2.54. The Kier molecular flexibility index (Phi) is 2.52. The summed E-state index contributed by atoms with van der Waals surface area (Å²) in [5.41, 5.74) is 4.72. The van der Waals surface area contributed by atoms with Gasteiger partial charge in [-0.3, -0.25) is 4.98 Å². The van der Waals surface area contributed by atoms with E-state index in [4.69, 9.17) is 0 Å². The van der Waals surface area contributed by atoms with Crippen molar-refractivity contribution < 1.29 is 0 Å². The summed E-state index contributed by atoms with van der Waals surface area (Å²) in [6, 6.07) is 17.7. The second kappa shape index (κ2) is 4.49. The third kappa shape index (κ3) is 1.77. The number of benzene rings is 2. The Bertz CT molecular complexity index is 813. The number of nitrogens with zero attached hydrogens (tertiary/aromatic N) is 1. The van der Waals surface area contributed by atoms with Crippen LogP contribution in [0, 0.1) is 6.07 Å². The van der Waals surface area contributed by atoms with E-state index in [1.807, 2.05) is 30.6 Å². The number of fused-ring (bicyclic) bond motifs is 2. The highest BCUT2D eigenvalue weighted by Gasteiger charge is 2.12. The van der Waals surface area contributed by atoms with Crippen LogP contribution in [0.5, 0.6) is 0 Å². The van der Waals surface area contributed by atoms with E-state index in [2.05, 4.69) is 46.7 Å². The number of rotatable bonds is 1. The molecule has 0 amide bonds. The van der Waals surface area contributed by atoms with Crippen molar-refractivity contribution in [2.24, 2.45) is 0 Å². The summed E-state index contributed by atoms with van der Waals surface area (Å²) >= 11 is 0. The van der Waals surface area contributed by atoms with E-state index in [1.165, 1.54) is 16.5 Å². The predicted molar refractivity (Wildman–Crippen MR) is 81.7 cm³/mol. The zero-order valence-electron chi connectivity index (χ0n) is 10.9. The number of aromatic nitrogens is 1. The smallest absolute Gasteiger partial charge is 0.0444 e. The van der Waals surface area contributed by atoms with Gasteiger partial charge < -0.3 is 5.32 Å². The first-order chi connectivity index (χ1) is 9.92. The molecule has 0 saturated carbocycles. The molecule has 0 bridgehead atoms. The Morgan fingerprint density at radius 1 is 1.05 bits per heavy atom. The van der Waals surface area contributed by atoms with E-state index >= 15 is 0 Å². The van der Waals surface area contributed by atoms with E-state index in [-0.39, 0.29) is 0 Å². The lowest BCUT2D eigenvalue weighted by Gasteiger charge is -2.19. The van der Waals surface area contributed by atoms with Gasteiger partial charge in [-0.25, -0.2) is 0 Å². The Morgan fingerprint density at radius 2 is 2.00 bits per heavy atom. The molecule has 1 N–H and O–H groups in total. The first kappa shape index (κ1) is 11.2. The third-order valence-electron chi connectivity index (χ3n) is 3.69. The maximum absolute atomic E-state index is 4.36. The van der Waals surface area contributed by atoms with Crippen LogP contribution >= 0.6 is 0 Å². The highest BCUT2D eigenvalue weighted by atomic mass is 14.9. The van der Waals surface area contributed by atoms with Crippen LogP contribution in [-0.2, 0) is 6.54 Å². The summed E-state index contributed by atoms with van der Waals surface area (Å²) in [7, 11) is 0. The Hall–Kier alpha value is -2.61. The molecule has 0 atom stereocenters. The molecule has 0 fully saturated rings. The van der Waals surface area contributed by atoms with Gasteiger partial charge in [0.1, 0.15) is 0 Å². The normalized spacial score (nSPS) is 13.5. The summed E-state index contributed by atoms with van der Waals surface area (Å²) in [6.07, 6.45) is 6.02. The van der Waals surface area contributed by atoms with E-state index in [0.717, 1.165) is 23.2 Å². The molecule has 0 saturated heterocycles. The van der Waals surface area contributed by atoms with Gasteiger partial charge in [-0.1, -0.05) is 42.5 Å². The SMILES string of the molecule is [c]1cccc2c1CNC(c1cncc3ccccc13)=C2. The molecule has 0 aliphatic carbocycles. The van der Waals surface area contributed by atoms with Crippen LogP contribution in [0.2, 0.25) is 0 Å². The standard InChI is InChI=1S/C18H13N2/c1-2-6-14-11-20-18(9-13(14)5-1)17-12-19-10-15-7-3-4-8-16(15)17/h1-5,7-10,12,20H,11H2. The van der Waals surface area contributed by atoms with Gasteiger partial charge in [-0.2, -0.15) is 0 Å². The summed E-state index contributed by atoms with van der Waals surface area (Å²) in [5, 5.41) is 5.87. The minimum absolute atomic E-state index is 0.811. The van der Waals surface area contributed by atoms with E-state index in [9.17, 15) is 0 Å². The van der Waals surface area contributed by atoms with Crippen molar-refractivity contribution in [3.05, 3.63) is 77.6 Å². The van der Waals surface area contributed by atoms with Gasteiger partial charge in [0, 0.05) is 35.6 Å². The minimum Gasteiger partial charge on any atom is -0.380 e. The van der Waals surface area contributed by atoms with Crippen molar-refractivity contribution in [2.45, 2.75) is 6.54 Å². The topological polar surface area (TPSA) is 24.9 Å². The average molecular weight is 257 g/mol. The van der Waals surface area contributed by atoms with Crippen LogP contribution in [0.4, 0.5) is 0 Å². The van der Waals surface area contributed by atoms with Gasteiger partial charge in [0.15, 0.2) is 0 Å². The number of pyridine rings is 1. The summed E-state index contributed by atoms with van der Waals surface area (Å²) in [6.45, 7) is 0.811. The molecule has 0 unspecified atom stereocenters. The molecule has 1 radical (unpaired) electrons. The van der Waals surface area contributed by atoms with Crippen LogP contribution in [0.25, 0.3) is 22.5 Å². The van der Waals surface area contributed by atoms with Crippen molar-refractivity contribution >= 4 is 22.5 Å².